The fraction of sp³-hybridized carbons (Fsp3) is 0.240. The molecule has 2 amide bonds. The van der Waals surface area contributed by atoms with Crippen LogP contribution >= 0.6 is 11.3 Å². The number of anilines is 2. The smallest absolute Gasteiger partial charge is 0.416 e. The van der Waals surface area contributed by atoms with Crippen molar-refractivity contribution in [1.29, 1.82) is 0 Å². The third kappa shape index (κ3) is 4.97. The van der Waals surface area contributed by atoms with Gasteiger partial charge in [-0.15, -0.1) is 11.3 Å². The van der Waals surface area contributed by atoms with Crippen molar-refractivity contribution in [1.82, 2.24) is 0 Å². The summed E-state index contributed by atoms with van der Waals surface area (Å²) in [6.45, 7) is 1.56. The highest BCUT2D eigenvalue weighted by Crippen LogP contribution is 2.49. The number of carboxylic acid groups (broad SMARTS) is 1. The summed E-state index contributed by atoms with van der Waals surface area (Å²) in [7, 11) is 0. The van der Waals surface area contributed by atoms with Crippen molar-refractivity contribution >= 4 is 40.5 Å². The average molecular weight is 521 g/mol. The first-order valence-electron chi connectivity index (χ1n) is 10.8. The second-order valence-electron chi connectivity index (χ2n) is 8.69. The lowest BCUT2D eigenvalue weighted by Crippen LogP contribution is -2.48. The van der Waals surface area contributed by atoms with Gasteiger partial charge in [-0.1, -0.05) is 12.1 Å². The second kappa shape index (κ2) is 9.38. The predicted octanol–water partition coefficient (Wildman–Crippen LogP) is 6.90. The number of hydrogen-bond acceptors (Lipinski definition) is 4. The molecule has 0 spiro atoms. The van der Waals surface area contributed by atoms with Gasteiger partial charge in [0.2, 0.25) is 0 Å². The van der Waals surface area contributed by atoms with Crippen LogP contribution in [0.2, 0.25) is 0 Å². The number of carbonyl (C=O) groups is 3. The summed E-state index contributed by atoms with van der Waals surface area (Å²) >= 11 is 1.12. The van der Waals surface area contributed by atoms with E-state index in [0.29, 0.717) is 28.2 Å². The van der Waals surface area contributed by atoms with Gasteiger partial charge in [-0.2, -0.15) is 13.2 Å². The van der Waals surface area contributed by atoms with Crippen LogP contribution in [0.1, 0.15) is 35.0 Å². The van der Waals surface area contributed by atoms with E-state index >= 15 is 0 Å². The number of benzene rings is 2. The molecule has 1 aliphatic carbocycles. The first-order chi connectivity index (χ1) is 16.9. The average Bonchev–Trinajstić information content (AvgIpc) is 3.29. The van der Waals surface area contributed by atoms with Crippen LogP contribution in [0.5, 0.6) is 0 Å². The molecule has 4 rings (SSSR count). The largest absolute Gasteiger partial charge is 0.481 e. The molecule has 1 heterocycles. The van der Waals surface area contributed by atoms with Gasteiger partial charge in [0, 0.05) is 16.5 Å². The SMILES string of the molecule is CC1(C(=O)O)CCC1C(=O)c1ccc(-c2ccc(NC(=O)Nc3cccc(C(F)(F)F)c3)c(F)c2)s1. The molecule has 0 radical (unpaired) electrons. The molecule has 3 aromatic rings. The van der Waals surface area contributed by atoms with Crippen LogP contribution in [0.4, 0.5) is 33.7 Å². The molecule has 2 aromatic carbocycles. The number of alkyl halides is 3. The van der Waals surface area contributed by atoms with Crippen LogP contribution in [0.3, 0.4) is 0 Å². The zero-order chi connectivity index (χ0) is 26.3. The van der Waals surface area contributed by atoms with E-state index in [4.69, 9.17) is 0 Å². The van der Waals surface area contributed by atoms with Crippen molar-refractivity contribution in [2.45, 2.75) is 25.9 Å². The van der Waals surface area contributed by atoms with Crippen molar-refractivity contribution < 1.29 is 37.1 Å². The van der Waals surface area contributed by atoms with E-state index in [1.807, 2.05) is 0 Å². The minimum Gasteiger partial charge on any atom is -0.481 e. The van der Waals surface area contributed by atoms with Crippen LogP contribution in [-0.4, -0.2) is 22.9 Å². The van der Waals surface area contributed by atoms with Gasteiger partial charge in [0.05, 0.1) is 21.5 Å². The van der Waals surface area contributed by atoms with Crippen molar-refractivity contribution in [3.05, 3.63) is 70.9 Å². The van der Waals surface area contributed by atoms with Gasteiger partial charge in [-0.25, -0.2) is 9.18 Å². The minimum absolute atomic E-state index is 0.111. The molecule has 0 saturated heterocycles. The number of urea groups is 1. The predicted molar refractivity (Wildman–Crippen MR) is 127 cm³/mol. The maximum atomic E-state index is 14.7. The van der Waals surface area contributed by atoms with E-state index in [0.717, 1.165) is 35.6 Å². The lowest BCUT2D eigenvalue weighted by atomic mass is 9.59. The number of aliphatic carboxylic acids is 1. The molecule has 2 unspecified atom stereocenters. The highest BCUT2D eigenvalue weighted by atomic mass is 32.1. The quantitative estimate of drug-likeness (QED) is 0.243. The number of carboxylic acids is 1. The van der Waals surface area contributed by atoms with Crippen molar-refractivity contribution in [3.63, 3.8) is 0 Å². The minimum atomic E-state index is -4.57. The molecule has 188 valence electrons. The third-order valence-electron chi connectivity index (χ3n) is 6.32. The zero-order valence-corrected chi connectivity index (χ0v) is 19.6. The lowest BCUT2D eigenvalue weighted by Gasteiger charge is -2.42. The first-order valence-corrected chi connectivity index (χ1v) is 11.6. The monoisotopic (exact) mass is 520 g/mol. The lowest BCUT2D eigenvalue weighted by molar-refractivity contribution is -0.156. The highest BCUT2D eigenvalue weighted by Gasteiger charge is 2.52. The summed E-state index contributed by atoms with van der Waals surface area (Å²) in [6.07, 6.45) is -3.65. The number of Topliss-reactive ketones (excluding diaryl/α,β-unsaturated/α-hetero) is 1. The molecule has 11 heteroatoms. The first kappa shape index (κ1) is 25.4. The Morgan fingerprint density at radius 2 is 1.81 bits per heavy atom. The standard InChI is InChI=1S/C25H20F4N2O4S/c1-24(22(33)34)10-9-16(24)21(32)20-8-7-19(36-20)13-5-6-18(17(26)11-13)31-23(35)30-15-4-2-3-14(12-15)25(27,28)29/h2-8,11-12,16H,9-10H2,1H3,(H,33,34)(H2,30,31,35). The number of carbonyl (C=O) groups excluding carboxylic acids is 2. The summed E-state index contributed by atoms with van der Waals surface area (Å²) in [5.41, 5.74) is -1.89. The van der Waals surface area contributed by atoms with Gasteiger partial charge in [0.1, 0.15) is 5.82 Å². The molecule has 1 saturated carbocycles. The van der Waals surface area contributed by atoms with Gasteiger partial charge in [0.15, 0.2) is 5.78 Å². The van der Waals surface area contributed by atoms with Gasteiger partial charge in [-0.05, 0) is 67.8 Å². The van der Waals surface area contributed by atoms with Crippen LogP contribution in [0.25, 0.3) is 10.4 Å². The van der Waals surface area contributed by atoms with Crippen molar-refractivity contribution in [2.75, 3.05) is 10.6 Å². The molecular weight excluding hydrogens is 500 g/mol. The Balaban J connectivity index is 1.44. The van der Waals surface area contributed by atoms with E-state index in [2.05, 4.69) is 10.6 Å². The number of halogens is 4. The summed E-state index contributed by atoms with van der Waals surface area (Å²) in [5.74, 6) is -2.66. The molecule has 0 aliphatic heterocycles. The van der Waals surface area contributed by atoms with Crippen molar-refractivity contribution in [3.8, 4) is 10.4 Å². The summed E-state index contributed by atoms with van der Waals surface area (Å²) in [5, 5.41) is 13.9. The van der Waals surface area contributed by atoms with Crippen LogP contribution < -0.4 is 10.6 Å². The molecule has 3 N–H and O–H groups in total. The Morgan fingerprint density at radius 3 is 2.42 bits per heavy atom. The zero-order valence-electron chi connectivity index (χ0n) is 18.8. The van der Waals surface area contributed by atoms with Crippen LogP contribution in [-0.2, 0) is 11.0 Å². The van der Waals surface area contributed by atoms with E-state index in [1.54, 1.807) is 19.1 Å². The van der Waals surface area contributed by atoms with Gasteiger partial charge in [0.25, 0.3) is 0 Å². The molecule has 1 aromatic heterocycles. The van der Waals surface area contributed by atoms with E-state index in [9.17, 15) is 37.1 Å². The normalized spacial score (nSPS) is 19.3. The van der Waals surface area contributed by atoms with Crippen LogP contribution in [0, 0.1) is 17.2 Å². The Morgan fingerprint density at radius 1 is 1.06 bits per heavy atom. The van der Waals surface area contributed by atoms with Gasteiger partial charge < -0.3 is 15.7 Å². The molecule has 1 aliphatic rings. The second-order valence-corrected chi connectivity index (χ2v) is 9.78. The summed E-state index contributed by atoms with van der Waals surface area (Å²) in [4.78, 5) is 37.5. The van der Waals surface area contributed by atoms with Crippen molar-refractivity contribution in [2.24, 2.45) is 11.3 Å². The summed E-state index contributed by atoms with van der Waals surface area (Å²) < 4.78 is 53.2. The van der Waals surface area contributed by atoms with Gasteiger partial charge in [-0.3, -0.25) is 9.59 Å². The Labute approximate surface area is 207 Å². The Hall–Kier alpha value is -3.73. The summed E-state index contributed by atoms with van der Waals surface area (Å²) in [6, 6.07) is 10.3. The molecular formula is C25H20F4N2O4S. The fourth-order valence-electron chi connectivity index (χ4n) is 4.02. The molecule has 2 atom stereocenters. The highest BCUT2D eigenvalue weighted by molar-refractivity contribution is 7.17. The van der Waals surface area contributed by atoms with Gasteiger partial charge >= 0.3 is 18.2 Å². The molecule has 1 fully saturated rings. The maximum absolute atomic E-state index is 14.7. The number of thiophene rings is 1. The number of amides is 2. The Kier molecular flexibility index (Phi) is 6.61. The fourth-order valence-corrected chi connectivity index (χ4v) is 5.02. The van der Waals surface area contributed by atoms with E-state index < -0.39 is 40.9 Å². The number of ketones is 1. The number of hydrogen-bond donors (Lipinski definition) is 3. The number of nitrogens with one attached hydrogen (secondary N) is 2. The molecule has 36 heavy (non-hydrogen) atoms. The number of rotatable bonds is 6. The van der Waals surface area contributed by atoms with Crippen LogP contribution in [0.15, 0.2) is 54.6 Å². The Bertz CT molecular complexity index is 1350. The molecule has 6 nitrogen and oxygen atoms in total. The van der Waals surface area contributed by atoms with E-state index in [1.165, 1.54) is 18.2 Å². The third-order valence-corrected chi connectivity index (χ3v) is 7.47. The van der Waals surface area contributed by atoms with E-state index in [-0.39, 0.29) is 17.2 Å². The topological polar surface area (TPSA) is 95.5 Å². The molecule has 0 bridgehead atoms. The maximum Gasteiger partial charge on any atom is 0.416 e.